The van der Waals surface area contributed by atoms with Crippen molar-refractivity contribution in [2.24, 2.45) is 0 Å². The van der Waals surface area contributed by atoms with Gasteiger partial charge in [0.05, 0.1) is 23.9 Å². The SMILES string of the molecule is COc1ccc2ncc(C(=O)c3ccc(C)cc3)c(N3CCN(C)CC3)c2c1. The fourth-order valence-corrected chi connectivity index (χ4v) is 3.68. The fourth-order valence-electron chi connectivity index (χ4n) is 3.68. The second kappa shape index (κ2) is 7.60. The number of carbonyl (C=O) groups excluding carboxylic acids is 1. The Morgan fingerprint density at radius 2 is 1.75 bits per heavy atom. The molecular weight excluding hydrogens is 350 g/mol. The summed E-state index contributed by atoms with van der Waals surface area (Å²) in [4.78, 5) is 22.6. The molecule has 2 aromatic carbocycles. The van der Waals surface area contributed by atoms with Crippen LogP contribution in [0.2, 0.25) is 0 Å². The summed E-state index contributed by atoms with van der Waals surface area (Å²) >= 11 is 0. The topological polar surface area (TPSA) is 45.7 Å². The molecule has 5 heteroatoms. The number of fused-ring (bicyclic) bond motifs is 1. The first-order valence-corrected chi connectivity index (χ1v) is 9.58. The average Bonchev–Trinajstić information content (AvgIpc) is 2.73. The van der Waals surface area contributed by atoms with E-state index in [2.05, 4.69) is 21.8 Å². The summed E-state index contributed by atoms with van der Waals surface area (Å²) in [7, 11) is 3.79. The summed E-state index contributed by atoms with van der Waals surface area (Å²) in [6, 6.07) is 13.6. The van der Waals surface area contributed by atoms with Crippen LogP contribution in [-0.2, 0) is 0 Å². The highest BCUT2D eigenvalue weighted by atomic mass is 16.5. The number of likely N-dealkylation sites (N-methyl/N-ethyl adjacent to an activating group) is 1. The van der Waals surface area contributed by atoms with Gasteiger partial charge in [0, 0.05) is 43.3 Å². The van der Waals surface area contributed by atoms with Crippen LogP contribution in [0.4, 0.5) is 5.69 Å². The van der Waals surface area contributed by atoms with Gasteiger partial charge in [0.1, 0.15) is 5.75 Å². The molecule has 2 heterocycles. The lowest BCUT2D eigenvalue weighted by Gasteiger charge is -2.35. The van der Waals surface area contributed by atoms with Crippen LogP contribution in [0.5, 0.6) is 5.75 Å². The minimum atomic E-state index is 0.00569. The lowest BCUT2D eigenvalue weighted by molar-refractivity contribution is 0.103. The van der Waals surface area contributed by atoms with Crippen molar-refractivity contribution < 1.29 is 9.53 Å². The molecule has 0 aliphatic carbocycles. The summed E-state index contributed by atoms with van der Waals surface area (Å²) in [5.74, 6) is 0.774. The van der Waals surface area contributed by atoms with E-state index >= 15 is 0 Å². The Morgan fingerprint density at radius 3 is 2.43 bits per heavy atom. The zero-order valence-corrected chi connectivity index (χ0v) is 16.6. The van der Waals surface area contributed by atoms with Gasteiger partial charge in [-0.05, 0) is 32.2 Å². The zero-order valence-electron chi connectivity index (χ0n) is 16.6. The normalized spacial score (nSPS) is 15.0. The molecule has 0 spiro atoms. The van der Waals surface area contributed by atoms with Gasteiger partial charge in [-0.15, -0.1) is 0 Å². The molecule has 0 amide bonds. The fraction of sp³-hybridized carbons (Fsp3) is 0.304. The molecule has 1 aliphatic heterocycles. The van der Waals surface area contributed by atoms with Crippen LogP contribution < -0.4 is 9.64 Å². The Morgan fingerprint density at radius 1 is 1.04 bits per heavy atom. The van der Waals surface area contributed by atoms with Gasteiger partial charge in [0.2, 0.25) is 0 Å². The summed E-state index contributed by atoms with van der Waals surface area (Å²) in [5.41, 5.74) is 4.30. The van der Waals surface area contributed by atoms with Crippen molar-refractivity contribution in [3.63, 3.8) is 0 Å². The predicted molar refractivity (Wildman–Crippen MR) is 113 cm³/mol. The van der Waals surface area contributed by atoms with E-state index in [1.165, 1.54) is 0 Å². The second-order valence-corrected chi connectivity index (χ2v) is 7.39. The number of ether oxygens (including phenoxy) is 1. The van der Waals surface area contributed by atoms with Crippen LogP contribution in [0.25, 0.3) is 10.9 Å². The van der Waals surface area contributed by atoms with Gasteiger partial charge in [0.25, 0.3) is 0 Å². The van der Waals surface area contributed by atoms with Crippen molar-refractivity contribution in [3.8, 4) is 5.75 Å². The van der Waals surface area contributed by atoms with Crippen LogP contribution in [0.1, 0.15) is 21.5 Å². The molecule has 4 rings (SSSR count). The number of benzene rings is 2. The van der Waals surface area contributed by atoms with E-state index in [9.17, 15) is 4.79 Å². The first-order valence-electron chi connectivity index (χ1n) is 9.58. The molecule has 1 aromatic heterocycles. The van der Waals surface area contributed by atoms with E-state index in [-0.39, 0.29) is 5.78 Å². The van der Waals surface area contributed by atoms with Crippen molar-refractivity contribution in [2.45, 2.75) is 6.92 Å². The number of aromatic nitrogens is 1. The van der Waals surface area contributed by atoms with E-state index in [1.807, 2.05) is 49.4 Å². The molecule has 0 radical (unpaired) electrons. The third-order valence-electron chi connectivity index (χ3n) is 5.42. The molecule has 0 saturated carbocycles. The highest BCUT2D eigenvalue weighted by Crippen LogP contribution is 2.34. The molecule has 0 N–H and O–H groups in total. The number of rotatable bonds is 4. The Labute approximate surface area is 165 Å². The summed E-state index contributed by atoms with van der Waals surface area (Å²) in [5, 5.41) is 0.960. The second-order valence-electron chi connectivity index (χ2n) is 7.39. The number of anilines is 1. The lowest BCUT2D eigenvalue weighted by atomic mass is 9.98. The average molecular weight is 375 g/mol. The quantitative estimate of drug-likeness (QED) is 0.653. The molecule has 0 unspecified atom stereocenters. The van der Waals surface area contributed by atoms with Crippen LogP contribution in [-0.4, -0.2) is 56.0 Å². The third kappa shape index (κ3) is 3.45. The summed E-state index contributed by atoms with van der Waals surface area (Å²) in [6.45, 7) is 5.70. The van der Waals surface area contributed by atoms with E-state index in [0.29, 0.717) is 11.1 Å². The molecule has 0 bridgehead atoms. The molecule has 1 fully saturated rings. The Kier molecular flexibility index (Phi) is 5.01. The molecule has 3 aromatic rings. The number of hydrogen-bond acceptors (Lipinski definition) is 5. The van der Waals surface area contributed by atoms with Crippen LogP contribution in [0.15, 0.2) is 48.7 Å². The molecular formula is C23H25N3O2. The number of hydrogen-bond donors (Lipinski definition) is 0. The number of piperazine rings is 1. The van der Waals surface area contributed by atoms with E-state index in [4.69, 9.17) is 4.74 Å². The van der Waals surface area contributed by atoms with E-state index < -0.39 is 0 Å². The Bertz CT molecular complexity index is 1010. The van der Waals surface area contributed by atoms with Crippen LogP contribution in [0.3, 0.4) is 0 Å². The van der Waals surface area contributed by atoms with Gasteiger partial charge < -0.3 is 14.5 Å². The van der Waals surface area contributed by atoms with Crippen LogP contribution >= 0.6 is 0 Å². The van der Waals surface area contributed by atoms with Gasteiger partial charge in [-0.1, -0.05) is 29.8 Å². The van der Waals surface area contributed by atoms with Gasteiger partial charge in [-0.25, -0.2) is 0 Å². The lowest BCUT2D eigenvalue weighted by Crippen LogP contribution is -2.45. The largest absolute Gasteiger partial charge is 0.497 e. The van der Waals surface area contributed by atoms with Crippen molar-refractivity contribution in [1.29, 1.82) is 0 Å². The zero-order chi connectivity index (χ0) is 19.7. The number of nitrogens with zero attached hydrogens (tertiary/aromatic N) is 3. The maximum absolute atomic E-state index is 13.4. The smallest absolute Gasteiger partial charge is 0.196 e. The number of ketones is 1. The number of aryl methyl sites for hydroxylation is 1. The van der Waals surface area contributed by atoms with Crippen molar-refractivity contribution in [3.05, 3.63) is 65.4 Å². The molecule has 28 heavy (non-hydrogen) atoms. The summed E-state index contributed by atoms with van der Waals surface area (Å²) in [6.07, 6.45) is 1.73. The first-order chi connectivity index (χ1) is 13.6. The monoisotopic (exact) mass is 375 g/mol. The predicted octanol–water partition coefficient (Wildman–Crippen LogP) is 3.53. The third-order valence-corrected chi connectivity index (χ3v) is 5.42. The number of pyridine rings is 1. The highest BCUT2D eigenvalue weighted by molar-refractivity contribution is 6.16. The Balaban J connectivity index is 1.88. The van der Waals surface area contributed by atoms with Gasteiger partial charge in [-0.3, -0.25) is 9.78 Å². The number of methoxy groups -OCH3 is 1. The van der Waals surface area contributed by atoms with Crippen LogP contribution in [0, 0.1) is 6.92 Å². The first kappa shape index (κ1) is 18.4. The minimum Gasteiger partial charge on any atom is -0.497 e. The molecule has 1 saturated heterocycles. The Hall–Kier alpha value is -2.92. The van der Waals surface area contributed by atoms with Crippen molar-refractivity contribution >= 4 is 22.4 Å². The van der Waals surface area contributed by atoms with E-state index in [1.54, 1.807) is 13.3 Å². The molecule has 5 nitrogen and oxygen atoms in total. The summed E-state index contributed by atoms with van der Waals surface area (Å²) < 4.78 is 5.44. The molecule has 144 valence electrons. The number of carbonyl (C=O) groups is 1. The standard InChI is InChI=1S/C23H25N3O2/c1-16-4-6-17(7-5-16)23(27)20-15-24-21-9-8-18(28-3)14-19(21)22(20)26-12-10-25(2)11-13-26/h4-9,14-15H,10-13H2,1-3H3. The van der Waals surface area contributed by atoms with Crippen molar-refractivity contribution in [2.75, 3.05) is 45.2 Å². The maximum Gasteiger partial charge on any atom is 0.196 e. The van der Waals surface area contributed by atoms with Gasteiger partial charge >= 0.3 is 0 Å². The van der Waals surface area contributed by atoms with Gasteiger partial charge in [0.15, 0.2) is 5.78 Å². The highest BCUT2D eigenvalue weighted by Gasteiger charge is 2.24. The van der Waals surface area contributed by atoms with Gasteiger partial charge in [-0.2, -0.15) is 0 Å². The minimum absolute atomic E-state index is 0.00569. The van der Waals surface area contributed by atoms with E-state index in [0.717, 1.165) is 54.1 Å². The molecule has 0 atom stereocenters. The van der Waals surface area contributed by atoms with Crippen molar-refractivity contribution in [1.82, 2.24) is 9.88 Å². The maximum atomic E-state index is 13.4. The molecule has 1 aliphatic rings.